The second-order valence-electron chi connectivity index (χ2n) is 4.37. The van der Waals surface area contributed by atoms with Gasteiger partial charge >= 0.3 is 5.97 Å². The number of hydrogen-bond acceptors (Lipinski definition) is 4. The van der Waals surface area contributed by atoms with Crippen LogP contribution in [0.1, 0.15) is 28.7 Å². The van der Waals surface area contributed by atoms with Crippen LogP contribution >= 0.6 is 11.6 Å². The minimum Gasteiger partial charge on any atom is -0.456 e. The van der Waals surface area contributed by atoms with Gasteiger partial charge in [-0.15, -0.1) is 0 Å². The van der Waals surface area contributed by atoms with Gasteiger partial charge in [0.15, 0.2) is 5.69 Å². The molecule has 1 aromatic carbocycles. The average molecular weight is 294 g/mol. The lowest BCUT2D eigenvalue weighted by Crippen LogP contribution is -2.14. The first kappa shape index (κ1) is 14.4. The zero-order chi connectivity index (χ0) is 14.7. The fourth-order valence-corrected chi connectivity index (χ4v) is 2.10. The number of aromatic nitrogens is 2. The summed E-state index contributed by atoms with van der Waals surface area (Å²) in [5.74, 6) is -0.482. The second-order valence-corrected chi connectivity index (χ2v) is 4.81. The lowest BCUT2D eigenvalue weighted by molar-refractivity contribution is 0.0459. The van der Waals surface area contributed by atoms with Crippen molar-refractivity contribution in [2.45, 2.75) is 27.0 Å². The Morgan fingerprint density at radius 3 is 2.90 bits per heavy atom. The first-order chi connectivity index (χ1) is 9.52. The molecule has 2 rings (SSSR count). The number of hydrogen-bond donors (Lipinski definition) is 1. The molecule has 0 radical (unpaired) electrons. The van der Waals surface area contributed by atoms with E-state index in [1.807, 2.05) is 13.0 Å². The van der Waals surface area contributed by atoms with E-state index in [-0.39, 0.29) is 6.61 Å². The van der Waals surface area contributed by atoms with Crippen LogP contribution in [0.2, 0.25) is 5.02 Å². The molecule has 0 unspecified atom stereocenters. The molecule has 0 aliphatic heterocycles. The number of nitrogens with two attached hydrogens (primary N) is 1. The molecule has 5 nitrogen and oxygen atoms in total. The number of benzene rings is 1. The van der Waals surface area contributed by atoms with Crippen LogP contribution in [0.15, 0.2) is 24.3 Å². The van der Waals surface area contributed by atoms with Crippen molar-refractivity contribution in [2.24, 2.45) is 0 Å². The van der Waals surface area contributed by atoms with Crippen LogP contribution < -0.4 is 5.73 Å². The molecule has 2 N–H and O–H groups in total. The summed E-state index contributed by atoms with van der Waals surface area (Å²) in [6.45, 7) is 4.35. The van der Waals surface area contributed by atoms with Crippen molar-refractivity contribution in [1.82, 2.24) is 9.78 Å². The molecule has 6 heteroatoms. The van der Waals surface area contributed by atoms with Gasteiger partial charge in [-0.25, -0.2) is 4.79 Å². The van der Waals surface area contributed by atoms with Crippen molar-refractivity contribution >= 4 is 23.3 Å². The Bertz CT molecular complexity index is 637. The van der Waals surface area contributed by atoms with Crippen molar-refractivity contribution in [3.8, 4) is 0 Å². The predicted octanol–water partition coefficient (Wildman–Crippen LogP) is 2.80. The number of nitrogens with zero attached hydrogens (tertiary/aromatic N) is 2. The average Bonchev–Trinajstić information content (AvgIpc) is 2.72. The summed E-state index contributed by atoms with van der Waals surface area (Å²) in [5.41, 5.74) is 7.98. The lowest BCUT2D eigenvalue weighted by Gasteiger charge is -2.07. The first-order valence-corrected chi connectivity index (χ1v) is 6.65. The van der Waals surface area contributed by atoms with E-state index in [0.717, 1.165) is 5.56 Å². The van der Waals surface area contributed by atoms with Gasteiger partial charge in [0.05, 0.1) is 11.4 Å². The highest BCUT2D eigenvalue weighted by Gasteiger charge is 2.20. The molecule has 0 aliphatic rings. The van der Waals surface area contributed by atoms with Gasteiger partial charge < -0.3 is 10.5 Å². The summed E-state index contributed by atoms with van der Waals surface area (Å²) in [4.78, 5) is 12.1. The standard InChI is InChI=1S/C14H16ClN3O2/c1-3-18-13(12(16)9(2)17-18)14(19)20-8-10-5-4-6-11(15)7-10/h4-7H,3,8,16H2,1-2H3. The Balaban J connectivity index is 2.13. The van der Waals surface area contributed by atoms with Crippen LogP contribution in [0.5, 0.6) is 0 Å². The van der Waals surface area contributed by atoms with E-state index in [9.17, 15) is 4.79 Å². The van der Waals surface area contributed by atoms with Crippen LogP contribution in [0, 0.1) is 6.92 Å². The third kappa shape index (κ3) is 2.93. The molecular formula is C14H16ClN3O2. The van der Waals surface area contributed by atoms with E-state index in [2.05, 4.69) is 5.10 Å². The SMILES string of the molecule is CCn1nc(C)c(N)c1C(=O)OCc1cccc(Cl)c1. The molecule has 0 spiro atoms. The van der Waals surface area contributed by atoms with Gasteiger partial charge in [0.2, 0.25) is 0 Å². The van der Waals surface area contributed by atoms with Crippen molar-refractivity contribution in [1.29, 1.82) is 0 Å². The van der Waals surface area contributed by atoms with Crippen molar-refractivity contribution in [3.05, 3.63) is 46.2 Å². The maximum atomic E-state index is 12.1. The quantitative estimate of drug-likeness (QED) is 0.880. The third-order valence-corrected chi connectivity index (χ3v) is 3.16. The van der Waals surface area contributed by atoms with Crippen LogP contribution in [-0.4, -0.2) is 15.7 Å². The number of esters is 1. The fraction of sp³-hybridized carbons (Fsp3) is 0.286. The number of carbonyl (C=O) groups excluding carboxylic acids is 1. The molecule has 0 aliphatic carbocycles. The summed E-state index contributed by atoms with van der Waals surface area (Å²) < 4.78 is 6.81. The van der Waals surface area contributed by atoms with Gasteiger partial charge in [-0.1, -0.05) is 23.7 Å². The normalized spacial score (nSPS) is 10.6. The molecule has 0 fully saturated rings. The van der Waals surface area contributed by atoms with Crippen molar-refractivity contribution < 1.29 is 9.53 Å². The van der Waals surface area contributed by atoms with E-state index in [4.69, 9.17) is 22.1 Å². The summed E-state index contributed by atoms with van der Waals surface area (Å²) >= 11 is 5.88. The number of ether oxygens (including phenoxy) is 1. The summed E-state index contributed by atoms with van der Waals surface area (Å²) in [6.07, 6.45) is 0. The predicted molar refractivity (Wildman–Crippen MR) is 77.6 cm³/mol. The van der Waals surface area contributed by atoms with Crippen LogP contribution in [0.3, 0.4) is 0 Å². The van der Waals surface area contributed by atoms with Gasteiger partial charge in [0.1, 0.15) is 6.61 Å². The number of carbonyl (C=O) groups is 1. The molecule has 1 aromatic heterocycles. The molecule has 2 aromatic rings. The van der Waals surface area contributed by atoms with Crippen molar-refractivity contribution in [3.63, 3.8) is 0 Å². The molecule has 0 atom stereocenters. The molecule has 0 saturated carbocycles. The molecule has 0 amide bonds. The lowest BCUT2D eigenvalue weighted by atomic mass is 10.2. The highest BCUT2D eigenvalue weighted by atomic mass is 35.5. The van der Waals surface area contributed by atoms with Gasteiger partial charge in [-0.3, -0.25) is 4.68 Å². The van der Waals surface area contributed by atoms with E-state index in [1.165, 1.54) is 0 Å². The zero-order valence-electron chi connectivity index (χ0n) is 11.4. The summed E-state index contributed by atoms with van der Waals surface area (Å²) in [7, 11) is 0. The second kappa shape index (κ2) is 5.96. The Hall–Kier alpha value is -2.01. The molecule has 106 valence electrons. The van der Waals surface area contributed by atoms with E-state index in [0.29, 0.717) is 28.6 Å². The van der Waals surface area contributed by atoms with Crippen LogP contribution in [-0.2, 0) is 17.9 Å². The van der Waals surface area contributed by atoms with E-state index < -0.39 is 5.97 Å². The number of anilines is 1. The first-order valence-electron chi connectivity index (χ1n) is 6.27. The molecule has 0 bridgehead atoms. The van der Waals surface area contributed by atoms with Gasteiger partial charge in [0, 0.05) is 11.6 Å². The monoisotopic (exact) mass is 293 g/mol. The Morgan fingerprint density at radius 1 is 1.50 bits per heavy atom. The fourth-order valence-electron chi connectivity index (χ4n) is 1.88. The molecule has 0 saturated heterocycles. The maximum absolute atomic E-state index is 12.1. The molecule has 1 heterocycles. The number of nitrogen functional groups attached to an aromatic ring is 1. The molecular weight excluding hydrogens is 278 g/mol. The highest BCUT2D eigenvalue weighted by molar-refractivity contribution is 6.30. The Kier molecular flexibility index (Phi) is 4.29. The molecule has 20 heavy (non-hydrogen) atoms. The Morgan fingerprint density at radius 2 is 2.25 bits per heavy atom. The number of halogens is 1. The number of aryl methyl sites for hydroxylation is 2. The zero-order valence-corrected chi connectivity index (χ0v) is 12.1. The summed E-state index contributed by atoms with van der Waals surface area (Å²) in [5, 5.41) is 4.79. The van der Waals surface area contributed by atoms with Gasteiger partial charge in [-0.05, 0) is 31.5 Å². The van der Waals surface area contributed by atoms with Gasteiger partial charge in [-0.2, -0.15) is 5.10 Å². The van der Waals surface area contributed by atoms with Gasteiger partial charge in [0.25, 0.3) is 0 Å². The summed E-state index contributed by atoms with van der Waals surface area (Å²) in [6, 6.07) is 7.16. The van der Waals surface area contributed by atoms with E-state index >= 15 is 0 Å². The van der Waals surface area contributed by atoms with Crippen LogP contribution in [0.4, 0.5) is 5.69 Å². The van der Waals surface area contributed by atoms with Crippen LogP contribution in [0.25, 0.3) is 0 Å². The Labute approximate surface area is 122 Å². The topological polar surface area (TPSA) is 70.1 Å². The smallest absolute Gasteiger partial charge is 0.359 e. The van der Waals surface area contributed by atoms with E-state index in [1.54, 1.807) is 29.8 Å². The largest absolute Gasteiger partial charge is 0.456 e. The highest BCUT2D eigenvalue weighted by Crippen LogP contribution is 2.18. The minimum absolute atomic E-state index is 0.146. The minimum atomic E-state index is -0.482. The number of rotatable bonds is 4. The van der Waals surface area contributed by atoms with Crippen molar-refractivity contribution in [2.75, 3.05) is 5.73 Å². The maximum Gasteiger partial charge on any atom is 0.359 e. The third-order valence-electron chi connectivity index (χ3n) is 2.93.